The molecule has 0 saturated carbocycles. The van der Waals surface area contributed by atoms with Crippen LogP contribution in [0.1, 0.15) is 18.9 Å². The van der Waals surface area contributed by atoms with Gasteiger partial charge in [-0.25, -0.2) is 5.43 Å². The number of nitrogens with zero attached hydrogens (tertiary/aromatic N) is 1. The molecule has 0 radical (unpaired) electrons. The molecular formula is C26H27N3O4. The molecule has 3 rings (SSSR count). The number of anilines is 1. The fourth-order valence-electron chi connectivity index (χ4n) is 3.20. The minimum atomic E-state index is -0.273. The second-order valence-electron chi connectivity index (χ2n) is 7.41. The first kappa shape index (κ1) is 23.5. The molecule has 33 heavy (non-hydrogen) atoms. The topological polar surface area (TPSA) is 89.0 Å². The standard InChI is InChI=1S/C26H27N3O4/c1-18(15-25(30)27-23-14-13-22(32-2)17-24(23)33-3)28-29-26(31)16-19-9-11-21(12-10-19)20-7-5-4-6-8-20/h4-14,17H,15-16H2,1-3H3,(H,27,30)(H,29,31). The van der Waals surface area contributed by atoms with Gasteiger partial charge in [0.2, 0.25) is 11.8 Å². The average molecular weight is 446 g/mol. The van der Waals surface area contributed by atoms with Crippen LogP contribution in [0.15, 0.2) is 77.9 Å². The molecule has 0 heterocycles. The Morgan fingerprint density at radius 1 is 0.848 bits per heavy atom. The molecule has 7 nitrogen and oxygen atoms in total. The third-order valence-electron chi connectivity index (χ3n) is 4.90. The van der Waals surface area contributed by atoms with Crippen LogP contribution in [-0.4, -0.2) is 31.7 Å². The lowest BCUT2D eigenvalue weighted by Gasteiger charge is -2.11. The number of carbonyl (C=O) groups excluding carboxylic acids is 2. The van der Waals surface area contributed by atoms with Crippen molar-refractivity contribution in [2.75, 3.05) is 19.5 Å². The van der Waals surface area contributed by atoms with Crippen molar-refractivity contribution in [2.24, 2.45) is 5.10 Å². The zero-order chi connectivity index (χ0) is 23.6. The Morgan fingerprint density at radius 2 is 1.55 bits per heavy atom. The van der Waals surface area contributed by atoms with E-state index in [1.807, 2.05) is 54.6 Å². The van der Waals surface area contributed by atoms with Gasteiger partial charge in [-0.15, -0.1) is 0 Å². The molecule has 2 N–H and O–H groups in total. The van der Waals surface area contributed by atoms with Gasteiger partial charge >= 0.3 is 0 Å². The van der Waals surface area contributed by atoms with Gasteiger partial charge in [-0.1, -0.05) is 54.6 Å². The van der Waals surface area contributed by atoms with Gasteiger partial charge in [0.05, 0.1) is 32.7 Å². The van der Waals surface area contributed by atoms with Gasteiger partial charge in [0.15, 0.2) is 0 Å². The Morgan fingerprint density at radius 3 is 2.21 bits per heavy atom. The van der Waals surface area contributed by atoms with E-state index in [-0.39, 0.29) is 24.7 Å². The Labute approximate surface area is 193 Å². The molecule has 0 saturated heterocycles. The van der Waals surface area contributed by atoms with Crippen molar-refractivity contribution < 1.29 is 19.1 Å². The Bertz CT molecular complexity index is 1130. The van der Waals surface area contributed by atoms with Crippen LogP contribution in [0.4, 0.5) is 5.69 Å². The molecule has 0 aliphatic carbocycles. The lowest BCUT2D eigenvalue weighted by atomic mass is 10.0. The SMILES string of the molecule is COc1ccc(NC(=O)CC(C)=NNC(=O)Cc2ccc(-c3ccccc3)cc2)c(OC)c1. The predicted molar refractivity (Wildman–Crippen MR) is 130 cm³/mol. The maximum atomic E-state index is 12.3. The van der Waals surface area contributed by atoms with Crippen LogP contribution in [0.5, 0.6) is 11.5 Å². The summed E-state index contributed by atoms with van der Waals surface area (Å²) in [6, 6.07) is 23.0. The summed E-state index contributed by atoms with van der Waals surface area (Å²) in [5.74, 6) is 0.591. The van der Waals surface area contributed by atoms with Crippen molar-refractivity contribution >= 4 is 23.2 Å². The summed E-state index contributed by atoms with van der Waals surface area (Å²) in [6.07, 6.45) is 0.225. The van der Waals surface area contributed by atoms with Crippen molar-refractivity contribution in [3.63, 3.8) is 0 Å². The number of hydrogen-bond acceptors (Lipinski definition) is 5. The van der Waals surface area contributed by atoms with Crippen LogP contribution >= 0.6 is 0 Å². The van der Waals surface area contributed by atoms with E-state index in [0.29, 0.717) is 22.9 Å². The van der Waals surface area contributed by atoms with E-state index in [1.54, 1.807) is 32.2 Å². The first-order valence-corrected chi connectivity index (χ1v) is 10.5. The second kappa shape index (κ2) is 11.5. The number of hydrogen-bond donors (Lipinski definition) is 2. The van der Waals surface area contributed by atoms with Crippen LogP contribution in [0.2, 0.25) is 0 Å². The summed E-state index contributed by atoms with van der Waals surface area (Å²) in [5, 5.41) is 6.82. The number of carbonyl (C=O) groups is 2. The lowest BCUT2D eigenvalue weighted by molar-refractivity contribution is -0.120. The predicted octanol–water partition coefficient (Wildman–Crippen LogP) is 4.43. The molecule has 0 aliphatic heterocycles. The zero-order valence-electron chi connectivity index (χ0n) is 18.9. The molecule has 170 valence electrons. The van der Waals surface area contributed by atoms with E-state index in [9.17, 15) is 9.59 Å². The van der Waals surface area contributed by atoms with E-state index < -0.39 is 0 Å². The van der Waals surface area contributed by atoms with E-state index in [2.05, 4.69) is 15.8 Å². The van der Waals surface area contributed by atoms with Crippen LogP contribution in [-0.2, 0) is 16.0 Å². The molecule has 2 amide bonds. The van der Waals surface area contributed by atoms with Gasteiger partial charge < -0.3 is 14.8 Å². The van der Waals surface area contributed by atoms with Crippen molar-refractivity contribution in [3.05, 3.63) is 78.4 Å². The number of hydrazone groups is 1. The van der Waals surface area contributed by atoms with Crippen molar-refractivity contribution in [1.29, 1.82) is 0 Å². The minimum Gasteiger partial charge on any atom is -0.497 e. The zero-order valence-corrected chi connectivity index (χ0v) is 18.9. The molecule has 3 aromatic rings. The Hall–Kier alpha value is -4.13. The maximum Gasteiger partial charge on any atom is 0.244 e. The quantitative estimate of drug-likeness (QED) is 0.377. The lowest BCUT2D eigenvalue weighted by Crippen LogP contribution is -2.23. The molecule has 0 bridgehead atoms. The minimum absolute atomic E-state index is 0.0290. The van der Waals surface area contributed by atoms with Crippen molar-refractivity contribution in [1.82, 2.24) is 5.43 Å². The summed E-state index contributed by atoms with van der Waals surface area (Å²) in [4.78, 5) is 24.6. The second-order valence-corrected chi connectivity index (χ2v) is 7.41. The summed E-state index contributed by atoms with van der Waals surface area (Å²) in [5.41, 5.74) is 6.61. The summed E-state index contributed by atoms with van der Waals surface area (Å²) >= 11 is 0. The van der Waals surface area contributed by atoms with Gasteiger partial charge in [-0.05, 0) is 35.7 Å². The molecular weight excluding hydrogens is 418 g/mol. The van der Waals surface area contributed by atoms with Gasteiger partial charge in [-0.3, -0.25) is 9.59 Å². The van der Waals surface area contributed by atoms with E-state index in [0.717, 1.165) is 16.7 Å². The molecule has 0 spiro atoms. The molecule has 3 aromatic carbocycles. The van der Waals surface area contributed by atoms with Gasteiger partial charge in [0.1, 0.15) is 11.5 Å². The van der Waals surface area contributed by atoms with E-state index in [4.69, 9.17) is 9.47 Å². The first-order valence-electron chi connectivity index (χ1n) is 10.5. The highest BCUT2D eigenvalue weighted by Gasteiger charge is 2.11. The molecule has 0 aliphatic rings. The maximum absolute atomic E-state index is 12.3. The van der Waals surface area contributed by atoms with Gasteiger partial charge in [0.25, 0.3) is 0 Å². The molecule has 0 unspecified atom stereocenters. The van der Waals surface area contributed by atoms with Crippen LogP contribution < -0.4 is 20.2 Å². The Kier molecular flexibility index (Phi) is 8.18. The normalized spacial score (nSPS) is 10.9. The van der Waals surface area contributed by atoms with E-state index in [1.165, 1.54) is 7.11 Å². The Balaban J connectivity index is 1.50. The smallest absolute Gasteiger partial charge is 0.244 e. The number of ether oxygens (including phenoxy) is 2. The van der Waals surface area contributed by atoms with Crippen molar-refractivity contribution in [3.8, 4) is 22.6 Å². The van der Waals surface area contributed by atoms with Gasteiger partial charge in [0, 0.05) is 11.8 Å². The average Bonchev–Trinajstić information content (AvgIpc) is 2.84. The monoisotopic (exact) mass is 445 g/mol. The molecule has 0 fully saturated rings. The van der Waals surface area contributed by atoms with Crippen LogP contribution in [0, 0.1) is 0 Å². The fourth-order valence-corrected chi connectivity index (χ4v) is 3.20. The highest BCUT2D eigenvalue weighted by atomic mass is 16.5. The number of benzene rings is 3. The highest BCUT2D eigenvalue weighted by Crippen LogP contribution is 2.29. The molecule has 0 atom stereocenters. The summed E-state index contributed by atoms with van der Waals surface area (Å²) in [6.45, 7) is 1.68. The number of rotatable bonds is 9. The largest absolute Gasteiger partial charge is 0.497 e. The van der Waals surface area contributed by atoms with Gasteiger partial charge in [-0.2, -0.15) is 5.10 Å². The first-order chi connectivity index (χ1) is 16.0. The number of methoxy groups -OCH3 is 2. The third-order valence-corrected chi connectivity index (χ3v) is 4.90. The molecule has 7 heteroatoms. The van der Waals surface area contributed by atoms with Crippen LogP contribution in [0.25, 0.3) is 11.1 Å². The summed E-state index contributed by atoms with van der Waals surface area (Å²) < 4.78 is 10.4. The third kappa shape index (κ3) is 6.93. The number of amides is 2. The molecule has 0 aromatic heterocycles. The fraction of sp³-hybridized carbons (Fsp3) is 0.192. The number of nitrogens with one attached hydrogen (secondary N) is 2. The van der Waals surface area contributed by atoms with E-state index >= 15 is 0 Å². The summed E-state index contributed by atoms with van der Waals surface area (Å²) in [7, 11) is 3.07. The van der Waals surface area contributed by atoms with Crippen LogP contribution in [0.3, 0.4) is 0 Å². The van der Waals surface area contributed by atoms with Crippen molar-refractivity contribution in [2.45, 2.75) is 19.8 Å². The highest BCUT2D eigenvalue weighted by molar-refractivity contribution is 6.06.